The number of carbonyl (C=O) groups is 2. The first kappa shape index (κ1) is 26.2. The third-order valence-corrected chi connectivity index (χ3v) is 9.82. The van der Waals surface area contributed by atoms with Gasteiger partial charge in [0.15, 0.2) is 0 Å². The summed E-state index contributed by atoms with van der Waals surface area (Å²) in [6.07, 6.45) is 5.22. The van der Waals surface area contributed by atoms with Gasteiger partial charge in [-0.05, 0) is 82.7 Å². The number of likely N-dealkylation sites (N-methyl/N-ethyl adjacent to an activating group) is 1. The molecular formula is C30H37N5O3S. The number of hydrogen-bond acceptors (Lipinski definition) is 6. The fraction of sp³-hybridized carbons (Fsp3) is 0.467. The molecule has 5 atom stereocenters. The number of carbonyl (C=O) groups excluding carboxylic acids is 2. The van der Waals surface area contributed by atoms with Crippen molar-refractivity contribution in [3.8, 4) is 11.5 Å². The SMILES string of the molecule is Cc1cc(Oc2ccccc2)ccc1N1C(=O)NC2=C(C(=O)N[C@H]3CCCC[C@@H]3N(C)C)SC3NCCC1C23. The van der Waals surface area contributed by atoms with Crippen LogP contribution in [0.2, 0.25) is 0 Å². The molecule has 3 unspecified atom stereocenters. The number of urea groups is 1. The second kappa shape index (κ2) is 10.9. The maximum atomic E-state index is 13.6. The van der Waals surface area contributed by atoms with Gasteiger partial charge in [0.05, 0.1) is 16.3 Å². The van der Waals surface area contributed by atoms with Gasteiger partial charge >= 0.3 is 6.03 Å². The first-order chi connectivity index (χ1) is 18.9. The molecule has 3 N–H and O–H groups in total. The number of amides is 3. The van der Waals surface area contributed by atoms with Gasteiger partial charge in [-0.25, -0.2) is 4.79 Å². The molecule has 39 heavy (non-hydrogen) atoms. The summed E-state index contributed by atoms with van der Waals surface area (Å²) in [5.41, 5.74) is 2.62. The number of nitrogens with one attached hydrogen (secondary N) is 3. The number of thioether (sulfide) groups is 1. The standard InChI is InChI=1S/C30H37N5O3S/c1-18-17-20(38-19-9-5-4-6-10-19)13-14-22(18)35-24-15-16-31-29-25(24)26(33-30(35)37)27(39-29)28(36)32-21-11-7-8-12-23(21)34(2)3/h4-6,9-10,13-14,17,21,23-25,29,31H,7-8,11-12,15-16H2,1-3H3,(H,32,36)(H,33,37)/t21-,23-,24?,25?,29?/m0/s1. The van der Waals surface area contributed by atoms with Gasteiger partial charge in [-0.3, -0.25) is 9.69 Å². The van der Waals surface area contributed by atoms with E-state index in [9.17, 15) is 9.59 Å². The van der Waals surface area contributed by atoms with Crippen molar-refractivity contribution < 1.29 is 14.3 Å². The van der Waals surface area contributed by atoms with Crippen LogP contribution in [0.1, 0.15) is 37.7 Å². The predicted octanol–water partition coefficient (Wildman–Crippen LogP) is 4.57. The fourth-order valence-corrected chi connectivity index (χ4v) is 8.02. The van der Waals surface area contributed by atoms with E-state index < -0.39 is 0 Å². The summed E-state index contributed by atoms with van der Waals surface area (Å²) in [6.45, 7) is 2.81. The van der Waals surface area contributed by atoms with Crippen molar-refractivity contribution in [2.24, 2.45) is 5.92 Å². The summed E-state index contributed by atoms with van der Waals surface area (Å²) in [7, 11) is 4.17. The first-order valence-electron chi connectivity index (χ1n) is 14.0. The lowest BCUT2D eigenvalue weighted by atomic mass is 9.86. The van der Waals surface area contributed by atoms with E-state index in [2.05, 4.69) is 34.9 Å². The molecule has 2 aromatic rings. The van der Waals surface area contributed by atoms with Gasteiger partial charge in [0, 0.05) is 29.4 Å². The molecule has 0 aromatic heterocycles. The molecule has 4 aliphatic rings. The Morgan fingerprint density at radius 3 is 2.64 bits per heavy atom. The second-order valence-corrected chi connectivity index (χ2v) is 12.3. The first-order valence-corrected chi connectivity index (χ1v) is 14.8. The van der Waals surface area contributed by atoms with Crippen LogP contribution in [0.5, 0.6) is 11.5 Å². The Labute approximate surface area is 234 Å². The zero-order chi connectivity index (χ0) is 27.1. The average Bonchev–Trinajstić information content (AvgIpc) is 3.30. The van der Waals surface area contributed by atoms with Crippen LogP contribution in [0.15, 0.2) is 59.1 Å². The Morgan fingerprint density at radius 1 is 1.08 bits per heavy atom. The summed E-state index contributed by atoms with van der Waals surface area (Å²) in [4.78, 5) is 32.0. The monoisotopic (exact) mass is 547 g/mol. The van der Waals surface area contributed by atoms with Gasteiger partial charge in [0.2, 0.25) is 0 Å². The highest BCUT2D eigenvalue weighted by Gasteiger charge is 2.52. The summed E-state index contributed by atoms with van der Waals surface area (Å²) >= 11 is 1.57. The molecule has 0 spiro atoms. The van der Waals surface area contributed by atoms with Crippen LogP contribution >= 0.6 is 11.8 Å². The zero-order valence-electron chi connectivity index (χ0n) is 22.8. The number of aryl methyl sites for hydroxylation is 1. The van der Waals surface area contributed by atoms with Crippen molar-refractivity contribution in [2.45, 2.75) is 62.5 Å². The van der Waals surface area contributed by atoms with E-state index in [1.807, 2.05) is 60.4 Å². The molecule has 6 rings (SSSR count). The second-order valence-electron chi connectivity index (χ2n) is 11.2. The van der Waals surface area contributed by atoms with E-state index in [1.165, 1.54) is 6.42 Å². The zero-order valence-corrected chi connectivity index (χ0v) is 23.6. The smallest absolute Gasteiger partial charge is 0.326 e. The van der Waals surface area contributed by atoms with Crippen molar-refractivity contribution in [3.63, 3.8) is 0 Å². The van der Waals surface area contributed by atoms with Crippen molar-refractivity contribution in [1.82, 2.24) is 20.9 Å². The fourth-order valence-electron chi connectivity index (χ4n) is 6.62. The van der Waals surface area contributed by atoms with Crippen LogP contribution in [-0.4, -0.2) is 61.0 Å². The van der Waals surface area contributed by atoms with E-state index in [0.29, 0.717) is 10.9 Å². The van der Waals surface area contributed by atoms with E-state index >= 15 is 0 Å². The summed E-state index contributed by atoms with van der Waals surface area (Å²) in [5.74, 6) is 1.47. The molecule has 3 aliphatic heterocycles. The molecule has 3 fully saturated rings. The number of benzene rings is 2. The maximum Gasteiger partial charge on any atom is 0.326 e. The number of ether oxygens (including phenoxy) is 1. The Bertz CT molecular complexity index is 1280. The van der Waals surface area contributed by atoms with Crippen LogP contribution in [0, 0.1) is 12.8 Å². The number of anilines is 1. The number of hydrogen-bond donors (Lipinski definition) is 3. The van der Waals surface area contributed by atoms with Crippen molar-refractivity contribution >= 4 is 29.4 Å². The van der Waals surface area contributed by atoms with Gasteiger partial charge in [-0.15, -0.1) is 0 Å². The number of rotatable bonds is 6. The molecule has 0 bridgehead atoms. The van der Waals surface area contributed by atoms with Crippen LogP contribution in [0.3, 0.4) is 0 Å². The lowest BCUT2D eigenvalue weighted by molar-refractivity contribution is -0.118. The van der Waals surface area contributed by atoms with Gasteiger partial charge in [0.1, 0.15) is 11.5 Å². The van der Waals surface area contributed by atoms with Gasteiger partial charge in [-0.2, -0.15) is 0 Å². The van der Waals surface area contributed by atoms with Crippen molar-refractivity contribution in [1.29, 1.82) is 0 Å². The lowest BCUT2D eigenvalue weighted by Crippen LogP contribution is -2.62. The predicted molar refractivity (Wildman–Crippen MR) is 155 cm³/mol. The molecular weight excluding hydrogens is 510 g/mol. The van der Waals surface area contributed by atoms with E-state index in [1.54, 1.807) is 11.8 Å². The molecule has 1 aliphatic carbocycles. The Hall–Kier alpha value is -3.01. The maximum absolute atomic E-state index is 13.6. The molecule has 8 nitrogen and oxygen atoms in total. The van der Waals surface area contributed by atoms with Crippen LogP contribution in [0.4, 0.5) is 10.5 Å². The third-order valence-electron chi connectivity index (χ3n) is 8.46. The third kappa shape index (κ3) is 5.03. The van der Waals surface area contributed by atoms with Gasteiger partial charge in [0.25, 0.3) is 5.91 Å². The van der Waals surface area contributed by atoms with E-state index in [-0.39, 0.29) is 35.3 Å². The van der Waals surface area contributed by atoms with Crippen LogP contribution in [0.25, 0.3) is 0 Å². The van der Waals surface area contributed by atoms with Crippen LogP contribution in [-0.2, 0) is 4.79 Å². The topological polar surface area (TPSA) is 85.9 Å². The van der Waals surface area contributed by atoms with E-state index in [4.69, 9.17) is 4.74 Å². The molecule has 1 saturated carbocycles. The highest BCUT2D eigenvalue weighted by Crippen LogP contribution is 2.48. The Morgan fingerprint density at radius 2 is 1.87 bits per heavy atom. The summed E-state index contributed by atoms with van der Waals surface area (Å²) in [5, 5.41) is 10.1. The minimum atomic E-state index is -0.177. The molecule has 206 valence electrons. The quantitative estimate of drug-likeness (QED) is 0.491. The molecule has 0 radical (unpaired) electrons. The molecule has 2 saturated heterocycles. The van der Waals surface area contributed by atoms with Crippen molar-refractivity contribution in [2.75, 3.05) is 25.5 Å². The minimum absolute atomic E-state index is 0.0258. The highest BCUT2D eigenvalue weighted by molar-refractivity contribution is 8.04. The highest BCUT2D eigenvalue weighted by atomic mass is 32.2. The normalized spacial score (nSPS) is 28.3. The molecule has 9 heteroatoms. The number of piperidine rings is 1. The Kier molecular flexibility index (Phi) is 7.31. The van der Waals surface area contributed by atoms with E-state index in [0.717, 1.165) is 60.7 Å². The average molecular weight is 548 g/mol. The van der Waals surface area contributed by atoms with Crippen LogP contribution < -0.4 is 25.6 Å². The minimum Gasteiger partial charge on any atom is -0.457 e. The lowest BCUT2D eigenvalue weighted by Gasteiger charge is -2.46. The van der Waals surface area contributed by atoms with Gasteiger partial charge < -0.3 is 25.6 Å². The number of nitrogens with zero attached hydrogens (tertiary/aromatic N) is 2. The van der Waals surface area contributed by atoms with Gasteiger partial charge in [-0.1, -0.05) is 42.8 Å². The Balaban J connectivity index is 1.24. The molecule has 3 heterocycles. The number of para-hydroxylation sites is 1. The van der Waals surface area contributed by atoms with Crippen molar-refractivity contribution in [3.05, 3.63) is 64.7 Å². The molecule has 2 aromatic carbocycles. The summed E-state index contributed by atoms with van der Waals surface area (Å²) in [6, 6.07) is 15.8. The largest absolute Gasteiger partial charge is 0.457 e. The molecule has 3 amide bonds. The summed E-state index contributed by atoms with van der Waals surface area (Å²) < 4.78 is 6.02.